The molecule has 0 saturated carbocycles. The second-order valence-corrected chi connectivity index (χ2v) is 8.05. The molecule has 32 heavy (non-hydrogen) atoms. The van der Waals surface area contributed by atoms with Gasteiger partial charge in [0.05, 0.1) is 18.7 Å². The highest BCUT2D eigenvalue weighted by molar-refractivity contribution is 6.46. The number of aryl methyl sites for hydroxylation is 1. The lowest BCUT2D eigenvalue weighted by molar-refractivity contribution is -0.139. The Morgan fingerprint density at radius 3 is 2.50 bits per heavy atom. The first-order valence-corrected chi connectivity index (χ1v) is 10.3. The van der Waals surface area contributed by atoms with Gasteiger partial charge in [-0.2, -0.15) is 0 Å². The minimum absolute atomic E-state index is 0.00679. The lowest BCUT2D eigenvalue weighted by atomic mass is 9.94. The Labute approximate surface area is 186 Å². The van der Waals surface area contributed by atoms with E-state index in [1.54, 1.807) is 38.4 Å². The van der Waals surface area contributed by atoms with Crippen molar-refractivity contribution in [3.63, 3.8) is 0 Å². The third kappa shape index (κ3) is 4.16. The van der Waals surface area contributed by atoms with E-state index in [0.717, 1.165) is 6.54 Å². The number of aliphatic hydroxyl groups is 1. The molecule has 9 nitrogen and oxygen atoms in total. The van der Waals surface area contributed by atoms with E-state index >= 15 is 0 Å². The number of aromatic nitrogens is 2. The van der Waals surface area contributed by atoms with E-state index in [-0.39, 0.29) is 17.0 Å². The Bertz CT molecular complexity index is 1070. The van der Waals surface area contributed by atoms with Crippen molar-refractivity contribution in [2.45, 2.75) is 26.3 Å². The SMILES string of the molecule is COC(=O)c1[nH]c(C)c(/C(O)=C2\C(=O)C(=O)N(CCCN(C)C)[C@H]2c2ccncc2)c1C. The average Bonchev–Trinajstić information content (AvgIpc) is 3.20. The van der Waals surface area contributed by atoms with Gasteiger partial charge in [-0.3, -0.25) is 14.6 Å². The summed E-state index contributed by atoms with van der Waals surface area (Å²) in [6.07, 6.45) is 3.82. The molecule has 2 aromatic rings. The monoisotopic (exact) mass is 440 g/mol. The maximum Gasteiger partial charge on any atom is 0.354 e. The first-order valence-electron chi connectivity index (χ1n) is 10.3. The lowest BCUT2D eigenvalue weighted by Gasteiger charge is -2.25. The van der Waals surface area contributed by atoms with Crippen molar-refractivity contribution in [1.29, 1.82) is 0 Å². The van der Waals surface area contributed by atoms with Gasteiger partial charge in [0.25, 0.3) is 11.7 Å². The van der Waals surface area contributed by atoms with Crippen molar-refractivity contribution in [1.82, 2.24) is 19.8 Å². The van der Waals surface area contributed by atoms with Crippen LogP contribution in [0.1, 0.15) is 45.3 Å². The molecule has 0 spiro atoms. The quantitative estimate of drug-likeness (QED) is 0.293. The van der Waals surface area contributed by atoms with E-state index in [1.165, 1.54) is 12.0 Å². The first-order chi connectivity index (χ1) is 15.2. The van der Waals surface area contributed by atoms with Crippen LogP contribution in [0, 0.1) is 13.8 Å². The number of amides is 1. The van der Waals surface area contributed by atoms with Crippen LogP contribution in [0.5, 0.6) is 0 Å². The van der Waals surface area contributed by atoms with Gasteiger partial charge < -0.3 is 24.6 Å². The molecule has 1 saturated heterocycles. The molecule has 1 atom stereocenters. The number of H-pyrrole nitrogens is 1. The van der Waals surface area contributed by atoms with Gasteiger partial charge in [-0.1, -0.05) is 0 Å². The summed E-state index contributed by atoms with van der Waals surface area (Å²) in [5.74, 6) is -2.32. The Morgan fingerprint density at radius 1 is 1.25 bits per heavy atom. The molecule has 0 aliphatic carbocycles. The average molecular weight is 441 g/mol. The van der Waals surface area contributed by atoms with E-state index < -0.39 is 23.7 Å². The number of methoxy groups -OCH3 is 1. The van der Waals surface area contributed by atoms with Crippen molar-refractivity contribution in [2.75, 3.05) is 34.3 Å². The number of aromatic amines is 1. The van der Waals surface area contributed by atoms with Gasteiger partial charge in [-0.15, -0.1) is 0 Å². The van der Waals surface area contributed by atoms with Gasteiger partial charge in [0.15, 0.2) is 0 Å². The summed E-state index contributed by atoms with van der Waals surface area (Å²) in [5, 5.41) is 11.3. The number of carbonyl (C=O) groups excluding carboxylic acids is 3. The van der Waals surface area contributed by atoms with E-state index in [2.05, 4.69) is 9.97 Å². The van der Waals surface area contributed by atoms with Crippen LogP contribution in [0.4, 0.5) is 0 Å². The highest BCUT2D eigenvalue weighted by Crippen LogP contribution is 2.40. The Balaban J connectivity index is 2.15. The fourth-order valence-corrected chi connectivity index (χ4v) is 4.11. The summed E-state index contributed by atoms with van der Waals surface area (Å²) >= 11 is 0. The minimum atomic E-state index is -0.756. The van der Waals surface area contributed by atoms with Gasteiger partial charge in [0.2, 0.25) is 0 Å². The minimum Gasteiger partial charge on any atom is -0.507 e. The molecule has 3 rings (SSSR count). The van der Waals surface area contributed by atoms with Crippen molar-refractivity contribution in [2.24, 2.45) is 0 Å². The zero-order valence-electron chi connectivity index (χ0n) is 18.9. The molecule has 1 aliphatic heterocycles. The summed E-state index contributed by atoms with van der Waals surface area (Å²) in [6, 6.07) is 2.69. The predicted molar refractivity (Wildman–Crippen MR) is 118 cm³/mol. The second kappa shape index (κ2) is 9.35. The van der Waals surface area contributed by atoms with Crippen molar-refractivity contribution in [3.05, 3.63) is 58.2 Å². The smallest absolute Gasteiger partial charge is 0.354 e. The van der Waals surface area contributed by atoms with Crippen LogP contribution in [0.15, 0.2) is 30.1 Å². The molecule has 1 fully saturated rings. The number of nitrogens with one attached hydrogen (secondary N) is 1. The van der Waals surface area contributed by atoms with Gasteiger partial charge in [0.1, 0.15) is 11.5 Å². The number of Topliss-reactive ketones (excluding diaryl/α,β-unsaturated/α-hetero) is 1. The zero-order chi connectivity index (χ0) is 23.6. The zero-order valence-corrected chi connectivity index (χ0v) is 18.9. The number of ketones is 1. The molecule has 0 unspecified atom stereocenters. The van der Waals surface area contributed by atoms with Crippen molar-refractivity contribution in [3.8, 4) is 0 Å². The normalized spacial score (nSPS) is 17.9. The van der Waals surface area contributed by atoms with E-state index in [9.17, 15) is 19.5 Å². The fourth-order valence-electron chi connectivity index (χ4n) is 4.11. The van der Waals surface area contributed by atoms with Crippen LogP contribution in [-0.2, 0) is 14.3 Å². The molecule has 3 heterocycles. The van der Waals surface area contributed by atoms with E-state index in [0.29, 0.717) is 35.3 Å². The predicted octanol–water partition coefficient (Wildman–Crippen LogP) is 2.19. The van der Waals surface area contributed by atoms with Crippen LogP contribution in [-0.4, -0.2) is 76.8 Å². The molecule has 2 aromatic heterocycles. The number of esters is 1. The van der Waals surface area contributed by atoms with Gasteiger partial charge in [0, 0.05) is 30.2 Å². The van der Waals surface area contributed by atoms with Gasteiger partial charge in [-0.05, 0) is 64.2 Å². The molecule has 0 radical (unpaired) electrons. The summed E-state index contributed by atoms with van der Waals surface area (Å²) in [6.45, 7) is 4.43. The molecule has 170 valence electrons. The number of hydrogen-bond donors (Lipinski definition) is 2. The maximum absolute atomic E-state index is 13.1. The van der Waals surface area contributed by atoms with Crippen LogP contribution in [0.3, 0.4) is 0 Å². The molecular weight excluding hydrogens is 412 g/mol. The fraction of sp³-hybridized carbons (Fsp3) is 0.391. The molecular formula is C23H28N4O5. The van der Waals surface area contributed by atoms with Gasteiger partial charge >= 0.3 is 5.97 Å². The highest BCUT2D eigenvalue weighted by Gasteiger charge is 2.46. The molecule has 0 aromatic carbocycles. The number of carbonyl (C=O) groups is 3. The van der Waals surface area contributed by atoms with E-state index in [4.69, 9.17) is 4.74 Å². The van der Waals surface area contributed by atoms with E-state index in [1.807, 2.05) is 19.0 Å². The molecule has 1 amide bonds. The number of pyridine rings is 1. The summed E-state index contributed by atoms with van der Waals surface area (Å²) in [5.41, 5.74) is 2.10. The standard InChI is InChI=1S/C23H28N4O5/c1-13-16(14(2)25-18(13)23(31)32-5)20(28)17-19(15-7-9-24-10-8-15)27(22(30)21(17)29)12-6-11-26(3)4/h7-10,19,25,28H,6,11-12H2,1-5H3/b20-17+/t19-/m0/s1. The Kier molecular flexibility index (Phi) is 6.78. The lowest BCUT2D eigenvalue weighted by Crippen LogP contribution is -2.32. The van der Waals surface area contributed by atoms with Crippen LogP contribution >= 0.6 is 0 Å². The van der Waals surface area contributed by atoms with Crippen molar-refractivity contribution >= 4 is 23.4 Å². The van der Waals surface area contributed by atoms with Crippen LogP contribution < -0.4 is 0 Å². The third-order valence-electron chi connectivity index (χ3n) is 5.63. The maximum atomic E-state index is 13.1. The number of aliphatic hydroxyl groups excluding tert-OH is 1. The summed E-state index contributed by atoms with van der Waals surface area (Å²) in [7, 11) is 5.13. The second-order valence-electron chi connectivity index (χ2n) is 8.05. The Hall–Kier alpha value is -3.46. The number of rotatable bonds is 7. The first kappa shape index (κ1) is 23.2. The largest absolute Gasteiger partial charge is 0.507 e. The van der Waals surface area contributed by atoms with Crippen LogP contribution in [0.25, 0.3) is 5.76 Å². The van der Waals surface area contributed by atoms with Crippen molar-refractivity contribution < 1.29 is 24.2 Å². The molecule has 1 aliphatic rings. The number of nitrogens with zero attached hydrogens (tertiary/aromatic N) is 3. The Morgan fingerprint density at radius 2 is 1.91 bits per heavy atom. The highest BCUT2D eigenvalue weighted by atomic mass is 16.5. The summed E-state index contributed by atoms with van der Waals surface area (Å²) in [4.78, 5) is 48.6. The molecule has 0 bridgehead atoms. The third-order valence-corrected chi connectivity index (χ3v) is 5.63. The number of likely N-dealkylation sites (tertiary alicyclic amines) is 1. The molecule has 9 heteroatoms. The topological polar surface area (TPSA) is 116 Å². The summed E-state index contributed by atoms with van der Waals surface area (Å²) < 4.78 is 4.79. The van der Waals surface area contributed by atoms with Gasteiger partial charge in [-0.25, -0.2) is 4.79 Å². The number of ether oxygens (including phenoxy) is 1. The molecule has 2 N–H and O–H groups in total. The number of hydrogen-bond acceptors (Lipinski definition) is 7. The van der Waals surface area contributed by atoms with Crippen LogP contribution in [0.2, 0.25) is 0 Å².